The van der Waals surface area contributed by atoms with E-state index in [0.717, 1.165) is 11.1 Å². The molecule has 0 spiro atoms. The molecule has 0 amide bonds. The highest BCUT2D eigenvalue weighted by Crippen LogP contribution is 2.32. The Morgan fingerprint density at radius 1 is 1.00 bits per heavy atom. The Hall–Kier alpha value is -2.47. The number of rotatable bonds is 7. The maximum Gasteiger partial charge on any atom is 0.264 e. The summed E-state index contributed by atoms with van der Waals surface area (Å²) in [5, 5.41) is 0. The lowest BCUT2D eigenvalue weighted by molar-refractivity contribution is 0.354. The summed E-state index contributed by atoms with van der Waals surface area (Å²) in [6.45, 7) is 7.79. The molecule has 2 aromatic carbocycles. The van der Waals surface area contributed by atoms with Gasteiger partial charge in [-0.1, -0.05) is 12.1 Å². The van der Waals surface area contributed by atoms with Crippen molar-refractivity contribution in [2.45, 2.75) is 18.7 Å². The van der Waals surface area contributed by atoms with Crippen molar-refractivity contribution < 1.29 is 17.9 Å². The molecule has 6 heteroatoms. The Morgan fingerprint density at radius 3 is 2.24 bits per heavy atom. The predicted octanol–water partition coefficient (Wildman–Crippen LogP) is 3.70. The minimum absolute atomic E-state index is 0.130. The predicted molar refractivity (Wildman–Crippen MR) is 100 cm³/mol. The molecule has 0 radical (unpaired) electrons. The SMILES string of the molecule is C=CCN(c1ccc(C)c(C)c1)S(=O)(=O)c1ccc(OC)c(OC)c1. The lowest BCUT2D eigenvalue weighted by Gasteiger charge is -2.24. The van der Waals surface area contributed by atoms with Crippen molar-refractivity contribution in [1.82, 2.24) is 0 Å². The molecule has 2 rings (SSSR count). The molecule has 0 saturated heterocycles. The third kappa shape index (κ3) is 3.79. The van der Waals surface area contributed by atoms with Gasteiger partial charge >= 0.3 is 0 Å². The van der Waals surface area contributed by atoms with Crippen LogP contribution in [0.1, 0.15) is 11.1 Å². The van der Waals surface area contributed by atoms with E-state index in [1.807, 2.05) is 26.0 Å². The van der Waals surface area contributed by atoms with Crippen LogP contribution in [0.15, 0.2) is 53.9 Å². The molecule has 0 aromatic heterocycles. The normalized spacial score (nSPS) is 11.0. The van der Waals surface area contributed by atoms with E-state index in [0.29, 0.717) is 17.2 Å². The monoisotopic (exact) mass is 361 g/mol. The highest BCUT2D eigenvalue weighted by atomic mass is 32.2. The number of hydrogen-bond acceptors (Lipinski definition) is 4. The fourth-order valence-electron chi connectivity index (χ4n) is 2.44. The standard InChI is InChI=1S/C19H23NO4S/c1-6-11-20(16-8-7-14(2)15(3)12-16)25(21,22)17-9-10-18(23-4)19(13-17)24-5/h6-10,12-13H,1,11H2,2-5H3. The first-order chi connectivity index (χ1) is 11.8. The number of sulfonamides is 1. The molecule has 0 saturated carbocycles. The zero-order chi connectivity index (χ0) is 18.6. The summed E-state index contributed by atoms with van der Waals surface area (Å²) in [6, 6.07) is 10.1. The summed E-state index contributed by atoms with van der Waals surface area (Å²) in [7, 11) is -0.801. The van der Waals surface area contributed by atoms with E-state index >= 15 is 0 Å². The number of aryl methyl sites for hydroxylation is 2. The second-order valence-corrected chi connectivity index (χ2v) is 7.47. The van der Waals surface area contributed by atoms with Gasteiger partial charge in [0.15, 0.2) is 11.5 Å². The van der Waals surface area contributed by atoms with Crippen molar-refractivity contribution >= 4 is 15.7 Å². The zero-order valence-electron chi connectivity index (χ0n) is 14.9. The summed E-state index contributed by atoms with van der Waals surface area (Å²) >= 11 is 0. The molecule has 2 aromatic rings. The van der Waals surface area contributed by atoms with Crippen LogP contribution in [-0.4, -0.2) is 29.2 Å². The Morgan fingerprint density at radius 2 is 1.68 bits per heavy atom. The minimum Gasteiger partial charge on any atom is -0.493 e. The summed E-state index contributed by atoms with van der Waals surface area (Å²) in [5.41, 5.74) is 2.72. The lowest BCUT2D eigenvalue weighted by atomic mass is 10.1. The molecule has 5 nitrogen and oxygen atoms in total. The van der Waals surface area contributed by atoms with Crippen LogP contribution < -0.4 is 13.8 Å². The van der Waals surface area contributed by atoms with Crippen LogP contribution in [0, 0.1) is 13.8 Å². The first-order valence-corrected chi connectivity index (χ1v) is 9.22. The Labute approximate surface area is 149 Å². The molecule has 0 aliphatic rings. The van der Waals surface area contributed by atoms with Crippen LogP contribution in [0.25, 0.3) is 0 Å². The first kappa shape index (κ1) is 18.9. The van der Waals surface area contributed by atoms with E-state index < -0.39 is 10.0 Å². The van der Waals surface area contributed by atoms with Gasteiger partial charge in [-0.15, -0.1) is 6.58 Å². The van der Waals surface area contributed by atoms with Gasteiger partial charge in [0.25, 0.3) is 10.0 Å². The lowest BCUT2D eigenvalue weighted by Crippen LogP contribution is -2.31. The van der Waals surface area contributed by atoms with Gasteiger partial charge in [0, 0.05) is 6.07 Å². The van der Waals surface area contributed by atoms with Gasteiger partial charge in [0.2, 0.25) is 0 Å². The molecular formula is C19H23NO4S. The molecule has 0 aliphatic carbocycles. The molecule has 134 valence electrons. The van der Waals surface area contributed by atoms with Gasteiger partial charge in [-0.25, -0.2) is 8.42 Å². The molecular weight excluding hydrogens is 338 g/mol. The van der Waals surface area contributed by atoms with Crippen molar-refractivity contribution in [3.8, 4) is 11.5 Å². The molecule has 25 heavy (non-hydrogen) atoms. The fraction of sp³-hybridized carbons (Fsp3) is 0.263. The van der Waals surface area contributed by atoms with Crippen LogP contribution in [-0.2, 0) is 10.0 Å². The van der Waals surface area contributed by atoms with Crippen molar-refractivity contribution in [1.29, 1.82) is 0 Å². The maximum atomic E-state index is 13.2. The average Bonchev–Trinajstić information content (AvgIpc) is 2.61. The molecule has 0 unspecified atom stereocenters. The van der Waals surface area contributed by atoms with Crippen molar-refractivity contribution in [3.05, 3.63) is 60.2 Å². The minimum atomic E-state index is -3.78. The van der Waals surface area contributed by atoms with Gasteiger partial charge in [-0.05, 0) is 49.2 Å². The highest BCUT2D eigenvalue weighted by molar-refractivity contribution is 7.92. The average molecular weight is 361 g/mol. The van der Waals surface area contributed by atoms with Crippen LogP contribution in [0.3, 0.4) is 0 Å². The Balaban J connectivity index is 2.56. The largest absolute Gasteiger partial charge is 0.493 e. The van der Waals surface area contributed by atoms with E-state index in [-0.39, 0.29) is 11.4 Å². The van der Waals surface area contributed by atoms with E-state index in [4.69, 9.17) is 9.47 Å². The summed E-state index contributed by atoms with van der Waals surface area (Å²) in [5.74, 6) is 0.838. The highest BCUT2D eigenvalue weighted by Gasteiger charge is 2.25. The van der Waals surface area contributed by atoms with Crippen LogP contribution >= 0.6 is 0 Å². The van der Waals surface area contributed by atoms with Crippen LogP contribution in [0.2, 0.25) is 0 Å². The zero-order valence-corrected chi connectivity index (χ0v) is 15.8. The molecule has 0 fully saturated rings. The number of hydrogen-bond donors (Lipinski definition) is 0. The second-order valence-electron chi connectivity index (χ2n) is 5.61. The molecule has 0 aliphatic heterocycles. The number of anilines is 1. The van der Waals surface area contributed by atoms with Crippen molar-refractivity contribution in [2.75, 3.05) is 25.1 Å². The van der Waals surface area contributed by atoms with E-state index in [1.54, 1.807) is 18.2 Å². The number of ether oxygens (including phenoxy) is 2. The van der Waals surface area contributed by atoms with E-state index in [2.05, 4.69) is 6.58 Å². The van der Waals surface area contributed by atoms with E-state index in [9.17, 15) is 8.42 Å². The Kier molecular flexibility index (Phi) is 5.74. The number of nitrogens with zero attached hydrogens (tertiary/aromatic N) is 1. The Bertz CT molecular complexity index is 875. The van der Waals surface area contributed by atoms with Gasteiger partial charge < -0.3 is 9.47 Å². The fourth-order valence-corrected chi connectivity index (χ4v) is 3.89. The number of methoxy groups -OCH3 is 2. The summed E-state index contributed by atoms with van der Waals surface area (Å²) in [6.07, 6.45) is 1.56. The number of benzene rings is 2. The van der Waals surface area contributed by atoms with Gasteiger partial charge in [0.1, 0.15) is 0 Å². The molecule has 0 atom stereocenters. The first-order valence-electron chi connectivity index (χ1n) is 7.78. The van der Waals surface area contributed by atoms with E-state index in [1.165, 1.54) is 30.7 Å². The van der Waals surface area contributed by atoms with Crippen molar-refractivity contribution in [3.63, 3.8) is 0 Å². The molecule has 0 heterocycles. The molecule has 0 N–H and O–H groups in total. The van der Waals surface area contributed by atoms with Crippen LogP contribution in [0.5, 0.6) is 11.5 Å². The third-order valence-electron chi connectivity index (χ3n) is 4.02. The second kappa shape index (κ2) is 7.61. The van der Waals surface area contributed by atoms with Crippen molar-refractivity contribution in [2.24, 2.45) is 0 Å². The van der Waals surface area contributed by atoms with Gasteiger partial charge in [-0.2, -0.15) is 0 Å². The van der Waals surface area contributed by atoms with Gasteiger partial charge in [0.05, 0.1) is 31.3 Å². The summed E-state index contributed by atoms with van der Waals surface area (Å²) < 4.78 is 38.1. The van der Waals surface area contributed by atoms with Gasteiger partial charge in [-0.3, -0.25) is 4.31 Å². The summed E-state index contributed by atoms with van der Waals surface area (Å²) in [4.78, 5) is 0.130. The maximum absolute atomic E-state index is 13.2. The quantitative estimate of drug-likeness (QED) is 0.706. The third-order valence-corrected chi connectivity index (χ3v) is 5.81. The van der Waals surface area contributed by atoms with Crippen LogP contribution in [0.4, 0.5) is 5.69 Å². The molecule has 0 bridgehead atoms. The topological polar surface area (TPSA) is 55.8 Å². The smallest absolute Gasteiger partial charge is 0.264 e.